The molecule has 0 spiro atoms. The maximum absolute atomic E-state index is 11.8. The summed E-state index contributed by atoms with van der Waals surface area (Å²) in [6.07, 6.45) is 5.78. The van der Waals surface area contributed by atoms with Gasteiger partial charge in [-0.15, -0.1) is 0 Å². The number of carbonyl (C=O) groups excluding carboxylic acids is 1. The molecule has 4 nitrogen and oxygen atoms in total. The van der Waals surface area contributed by atoms with Crippen molar-refractivity contribution in [3.63, 3.8) is 0 Å². The van der Waals surface area contributed by atoms with Crippen LogP contribution in [0, 0.1) is 0 Å². The van der Waals surface area contributed by atoms with E-state index in [2.05, 4.69) is 5.32 Å². The van der Waals surface area contributed by atoms with Gasteiger partial charge in [-0.2, -0.15) is 0 Å². The summed E-state index contributed by atoms with van der Waals surface area (Å²) in [5.41, 5.74) is 0. The van der Waals surface area contributed by atoms with Crippen molar-refractivity contribution in [1.82, 2.24) is 10.2 Å². The molecule has 15 heavy (non-hydrogen) atoms. The van der Waals surface area contributed by atoms with E-state index in [9.17, 15) is 4.79 Å². The second kappa shape index (κ2) is 4.84. The molecular formula is C11H20N2O2. The number of carbonyl (C=O) groups is 1. The molecule has 1 aliphatic carbocycles. The van der Waals surface area contributed by atoms with Gasteiger partial charge in [-0.1, -0.05) is 12.8 Å². The summed E-state index contributed by atoms with van der Waals surface area (Å²) in [6, 6.07) is 0.742. The lowest BCUT2D eigenvalue weighted by molar-refractivity contribution is 0.174. The summed E-state index contributed by atoms with van der Waals surface area (Å²) in [6.45, 7) is 1.45. The van der Waals surface area contributed by atoms with Crippen LogP contribution in [-0.4, -0.2) is 43.3 Å². The molecule has 0 aromatic carbocycles. The van der Waals surface area contributed by atoms with Crippen molar-refractivity contribution in [2.45, 2.75) is 44.2 Å². The molecule has 1 saturated heterocycles. The Morgan fingerprint density at radius 2 is 2.07 bits per heavy atom. The molecule has 1 unspecified atom stereocenters. The molecular weight excluding hydrogens is 192 g/mol. The van der Waals surface area contributed by atoms with Crippen LogP contribution in [0.3, 0.4) is 0 Å². The number of amides is 2. The summed E-state index contributed by atoms with van der Waals surface area (Å²) in [7, 11) is 1.90. The van der Waals surface area contributed by atoms with Crippen LogP contribution >= 0.6 is 0 Å². The molecule has 1 saturated carbocycles. The highest BCUT2D eigenvalue weighted by Crippen LogP contribution is 2.22. The fourth-order valence-corrected chi connectivity index (χ4v) is 2.38. The maximum Gasteiger partial charge on any atom is 0.317 e. The number of ether oxygens (including phenoxy) is 1. The Bertz CT molecular complexity index is 221. The van der Waals surface area contributed by atoms with Crippen molar-refractivity contribution in [3.05, 3.63) is 0 Å². The molecule has 1 atom stereocenters. The standard InChI is InChI=1S/C11H20N2O2/c1-13(10-4-2-3-5-10)11(14)12-9-6-7-15-8-9/h9-10H,2-8H2,1H3,(H,12,14). The van der Waals surface area contributed by atoms with E-state index in [1.807, 2.05) is 11.9 Å². The number of hydrogen-bond donors (Lipinski definition) is 1. The molecule has 4 heteroatoms. The molecule has 1 N–H and O–H groups in total. The third kappa shape index (κ3) is 2.62. The van der Waals surface area contributed by atoms with E-state index < -0.39 is 0 Å². The average Bonchev–Trinajstić information content (AvgIpc) is 2.88. The number of rotatable bonds is 2. The molecule has 0 aromatic rings. The van der Waals surface area contributed by atoms with E-state index in [1.54, 1.807) is 0 Å². The predicted octanol–water partition coefficient (Wildman–Crippen LogP) is 1.36. The first-order valence-electron chi connectivity index (χ1n) is 5.88. The van der Waals surface area contributed by atoms with Gasteiger partial charge in [0.25, 0.3) is 0 Å². The van der Waals surface area contributed by atoms with Gasteiger partial charge < -0.3 is 15.0 Å². The smallest absolute Gasteiger partial charge is 0.317 e. The second-order valence-electron chi connectivity index (χ2n) is 4.56. The minimum absolute atomic E-state index is 0.0670. The zero-order valence-electron chi connectivity index (χ0n) is 9.37. The van der Waals surface area contributed by atoms with Crippen molar-refractivity contribution < 1.29 is 9.53 Å². The quantitative estimate of drug-likeness (QED) is 0.751. The molecule has 1 heterocycles. The number of hydrogen-bond acceptors (Lipinski definition) is 2. The van der Waals surface area contributed by atoms with E-state index in [4.69, 9.17) is 4.74 Å². The van der Waals surface area contributed by atoms with E-state index >= 15 is 0 Å². The van der Waals surface area contributed by atoms with Gasteiger partial charge >= 0.3 is 6.03 Å². The second-order valence-corrected chi connectivity index (χ2v) is 4.56. The van der Waals surface area contributed by atoms with Crippen LogP contribution in [0.5, 0.6) is 0 Å². The minimum atomic E-state index is 0.0670. The third-order valence-corrected chi connectivity index (χ3v) is 3.45. The van der Waals surface area contributed by atoms with Crippen LogP contribution in [0.4, 0.5) is 4.79 Å². The van der Waals surface area contributed by atoms with Gasteiger partial charge in [0.15, 0.2) is 0 Å². The summed E-state index contributed by atoms with van der Waals surface area (Å²) >= 11 is 0. The topological polar surface area (TPSA) is 41.6 Å². The SMILES string of the molecule is CN(C(=O)NC1CCOC1)C1CCCC1. The summed E-state index contributed by atoms with van der Waals surface area (Å²) in [5, 5.41) is 3.02. The van der Waals surface area contributed by atoms with Crippen LogP contribution < -0.4 is 5.32 Å². The van der Waals surface area contributed by atoms with E-state index in [1.165, 1.54) is 12.8 Å². The highest BCUT2D eigenvalue weighted by atomic mass is 16.5. The van der Waals surface area contributed by atoms with Gasteiger partial charge in [0.1, 0.15) is 0 Å². The predicted molar refractivity (Wildman–Crippen MR) is 57.8 cm³/mol. The highest BCUT2D eigenvalue weighted by molar-refractivity contribution is 5.74. The van der Waals surface area contributed by atoms with Gasteiger partial charge in [0.2, 0.25) is 0 Å². The van der Waals surface area contributed by atoms with Gasteiger partial charge in [0.05, 0.1) is 12.6 Å². The van der Waals surface area contributed by atoms with Crippen LogP contribution in [0.25, 0.3) is 0 Å². The summed E-state index contributed by atoms with van der Waals surface area (Å²) in [4.78, 5) is 13.7. The lowest BCUT2D eigenvalue weighted by Crippen LogP contribution is -2.46. The van der Waals surface area contributed by atoms with Crippen molar-refractivity contribution in [2.75, 3.05) is 20.3 Å². The number of nitrogens with one attached hydrogen (secondary N) is 1. The Balaban J connectivity index is 1.78. The molecule has 2 fully saturated rings. The fraction of sp³-hybridized carbons (Fsp3) is 0.909. The Labute approximate surface area is 91.0 Å². The zero-order valence-corrected chi connectivity index (χ0v) is 9.37. The van der Waals surface area contributed by atoms with E-state index in [-0.39, 0.29) is 12.1 Å². The Morgan fingerprint density at radius 3 is 2.67 bits per heavy atom. The van der Waals surface area contributed by atoms with Crippen molar-refractivity contribution >= 4 is 6.03 Å². The van der Waals surface area contributed by atoms with Crippen LogP contribution in [0.15, 0.2) is 0 Å². The monoisotopic (exact) mass is 212 g/mol. The maximum atomic E-state index is 11.8. The van der Waals surface area contributed by atoms with Crippen molar-refractivity contribution in [3.8, 4) is 0 Å². The zero-order chi connectivity index (χ0) is 10.7. The third-order valence-electron chi connectivity index (χ3n) is 3.45. The van der Waals surface area contributed by atoms with E-state index in [0.29, 0.717) is 12.6 Å². The average molecular weight is 212 g/mol. The van der Waals surface area contributed by atoms with Gasteiger partial charge in [-0.3, -0.25) is 0 Å². The minimum Gasteiger partial charge on any atom is -0.379 e. The number of nitrogens with zero attached hydrogens (tertiary/aromatic N) is 1. The van der Waals surface area contributed by atoms with Gasteiger partial charge in [-0.25, -0.2) is 4.79 Å². The lowest BCUT2D eigenvalue weighted by Gasteiger charge is -2.26. The Morgan fingerprint density at radius 1 is 1.33 bits per heavy atom. The lowest BCUT2D eigenvalue weighted by atomic mass is 10.2. The van der Waals surface area contributed by atoms with Crippen molar-refractivity contribution in [1.29, 1.82) is 0 Å². The van der Waals surface area contributed by atoms with Gasteiger partial charge in [0, 0.05) is 19.7 Å². The van der Waals surface area contributed by atoms with Crippen molar-refractivity contribution in [2.24, 2.45) is 0 Å². The molecule has 2 rings (SSSR count). The van der Waals surface area contributed by atoms with Crippen LogP contribution in [-0.2, 0) is 4.74 Å². The first-order chi connectivity index (χ1) is 7.27. The molecule has 0 radical (unpaired) electrons. The largest absolute Gasteiger partial charge is 0.379 e. The molecule has 0 bridgehead atoms. The Hall–Kier alpha value is -0.770. The first kappa shape index (κ1) is 10.7. The first-order valence-corrected chi connectivity index (χ1v) is 5.88. The molecule has 2 aliphatic rings. The summed E-state index contributed by atoms with van der Waals surface area (Å²) in [5.74, 6) is 0. The highest BCUT2D eigenvalue weighted by Gasteiger charge is 2.25. The number of urea groups is 1. The molecule has 1 aliphatic heterocycles. The molecule has 0 aromatic heterocycles. The van der Waals surface area contributed by atoms with Crippen LogP contribution in [0.1, 0.15) is 32.1 Å². The Kier molecular flexibility index (Phi) is 3.46. The normalized spacial score (nSPS) is 26.9. The molecule has 86 valence electrons. The van der Waals surface area contributed by atoms with Gasteiger partial charge in [-0.05, 0) is 19.3 Å². The fourth-order valence-electron chi connectivity index (χ4n) is 2.38. The van der Waals surface area contributed by atoms with Crippen LogP contribution in [0.2, 0.25) is 0 Å². The molecule has 2 amide bonds. The van der Waals surface area contributed by atoms with E-state index in [0.717, 1.165) is 25.9 Å². The summed E-state index contributed by atoms with van der Waals surface area (Å²) < 4.78 is 5.23.